The van der Waals surface area contributed by atoms with Crippen LogP contribution in [0.4, 0.5) is 0 Å². The highest BCUT2D eigenvalue weighted by Gasteiger charge is 2.24. The fourth-order valence-corrected chi connectivity index (χ4v) is 2.96. The summed E-state index contributed by atoms with van der Waals surface area (Å²) < 4.78 is 2.54. The molecule has 0 fully saturated rings. The largest absolute Gasteiger partial charge is 0.275 e. The Morgan fingerprint density at radius 3 is 2.50 bits per heavy atom. The van der Waals surface area contributed by atoms with Crippen molar-refractivity contribution in [3.63, 3.8) is 0 Å². The second-order valence-electron chi connectivity index (χ2n) is 5.77. The molecule has 0 saturated carbocycles. The second kappa shape index (κ2) is 5.45. The summed E-state index contributed by atoms with van der Waals surface area (Å²) >= 11 is 9.74. The Balaban J connectivity index is 2.67. The van der Waals surface area contributed by atoms with Gasteiger partial charge in [0.25, 0.3) is 0 Å². The van der Waals surface area contributed by atoms with Gasteiger partial charge in [-0.15, -0.1) is 0 Å². The highest BCUT2D eigenvalue weighted by molar-refractivity contribution is 9.10. The van der Waals surface area contributed by atoms with Crippen LogP contribution in [0.5, 0.6) is 0 Å². The number of hydrogen-bond acceptors (Lipinski definition) is 3. The predicted octanol–water partition coefficient (Wildman–Crippen LogP) is 4.15. The molecule has 0 aromatic carbocycles. The molecule has 0 radical (unpaired) electrons. The molecule has 0 N–H and O–H groups in total. The molecule has 4 nitrogen and oxygen atoms in total. The minimum Gasteiger partial charge on any atom is -0.275 e. The van der Waals surface area contributed by atoms with Gasteiger partial charge in [-0.05, 0) is 22.4 Å². The lowest BCUT2D eigenvalue weighted by atomic mass is 9.92. The van der Waals surface area contributed by atoms with Crippen LogP contribution in [0.3, 0.4) is 0 Å². The fraction of sp³-hybridized carbons (Fsp3) is 0.500. The molecule has 2 rings (SSSR count). The van der Waals surface area contributed by atoms with Crippen molar-refractivity contribution >= 4 is 27.5 Å². The van der Waals surface area contributed by atoms with Gasteiger partial charge in [-0.25, -0.2) is 9.97 Å². The van der Waals surface area contributed by atoms with Crippen LogP contribution in [0.15, 0.2) is 10.7 Å². The molecule has 108 valence electrons. The van der Waals surface area contributed by atoms with E-state index in [-0.39, 0.29) is 5.41 Å². The van der Waals surface area contributed by atoms with E-state index in [1.807, 2.05) is 13.2 Å². The molecule has 0 saturated heterocycles. The molecular weight excluding hydrogens is 340 g/mol. The number of hydrogen-bond donors (Lipinski definition) is 0. The van der Waals surface area contributed by atoms with Crippen LogP contribution in [-0.2, 0) is 18.9 Å². The third-order valence-corrected chi connectivity index (χ3v) is 4.26. The minimum atomic E-state index is -0.116. The molecule has 0 spiro atoms. The highest BCUT2D eigenvalue weighted by atomic mass is 79.9. The van der Waals surface area contributed by atoms with Crippen LogP contribution in [0.25, 0.3) is 11.4 Å². The lowest BCUT2D eigenvalue weighted by molar-refractivity contribution is 0.564. The molecular formula is C14H18BrClN4. The van der Waals surface area contributed by atoms with Gasteiger partial charge >= 0.3 is 0 Å². The summed E-state index contributed by atoms with van der Waals surface area (Å²) in [5.74, 6) is 0.632. The summed E-state index contributed by atoms with van der Waals surface area (Å²) in [5.41, 5.74) is 2.70. The average Bonchev–Trinajstić information content (AvgIpc) is 2.72. The first-order chi connectivity index (χ1) is 9.24. The van der Waals surface area contributed by atoms with E-state index >= 15 is 0 Å². The smallest absolute Gasteiger partial charge is 0.164 e. The molecule has 0 aliphatic rings. The number of aryl methyl sites for hydroxylation is 2. The van der Waals surface area contributed by atoms with Gasteiger partial charge in [-0.2, -0.15) is 5.10 Å². The van der Waals surface area contributed by atoms with E-state index in [1.54, 1.807) is 4.68 Å². The van der Waals surface area contributed by atoms with Crippen LogP contribution >= 0.6 is 27.5 Å². The predicted molar refractivity (Wildman–Crippen MR) is 85.0 cm³/mol. The summed E-state index contributed by atoms with van der Waals surface area (Å²) in [4.78, 5) is 9.09. The molecule has 0 amide bonds. The third kappa shape index (κ3) is 2.88. The Hall–Kier alpha value is -0.940. The van der Waals surface area contributed by atoms with E-state index in [4.69, 9.17) is 16.6 Å². The SMILES string of the molecule is CCc1nn(C)cc1-c1nc(Cl)c(Br)c(C(C)(C)C)n1. The van der Waals surface area contributed by atoms with E-state index in [2.05, 4.69) is 53.7 Å². The molecule has 2 heterocycles. The second-order valence-corrected chi connectivity index (χ2v) is 6.92. The molecule has 0 atom stereocenters. The van der Waals surface area contributed by atoms with Crippen molar-refractivity contribution in [1.29, 1.82) is 0 Å². The van der Waals surface area contributed by atoms with Crippen molar-refractivity contribution in [2.45, 2.75) is 39.5 Å². The lowest BCUT2D eigenvalue weighted by Crippen LogP contribution is -2.16. The fourth-order valence-electron chi connectivity index (χ4n) is 2.02. The quantitative estimate of drug-likeness (QED) is 0.758. The molecule has 6 heteroatoms. The maximum Gasteiger partial charge on any atom is 0.164 e. The Kier molecular flexibility index (Phi) is 4.21. The van der Waals surface area contributed by atoms with Gasteiger partial charge < -0.3 is 0 Å². The maximum atomic E-state index is 6.25. The van der Waals surface area contributed by atoms with E-state index in [0.29, 0.717) is 11.0 Å². The summed E-state index contributed by atoms with van der Waals surface area (Å²) in [5, 5.41) is 4.87. The van der Waals surface area contributed by atoms with Crippen molar-refractivity contribution < 1.29 is 0 Å². The lowest BCUT2D eigenvalue weighted by Gasteiger charge is -2.20. The number of aromatic nitrogens is 4. The van der Waals surface area contributed by atoms with E-state index in [9.17, 15) is 0 Å². The Labute approximate surface area is 132 Å². The Morgan fingerprint density at radius 1 is 1.30 bits per heavy atom. The molecule has 0 aliphatic carbocycles. The molecule has 20 heavy (non-hydrogen) atoms. The number of halogens is 2. The van der Waals surface area contributed by atoms with Crippen molar-refractivity contribution in [3.05, 3.63) is 27.2 Å². The molecule has 0 unspecified atom stereocenters. The Morgan fingerprint density at radius 2 is 1.95 bits per heavy atom. The van der Waals surface area contributed by atoms with Gasteiger partial charge in [-0.1, -0.05) is 39.3 Å². The van der Waals surface area contributed by atoms with E-state index in [1.165, 1.54) is 0 Å². The van der Waals surface area contributed by atoms with Crippen LogP contribution in [-0.4, -0.2) is 19.7 Å². The zero-order chi connectivity index (χ0) is 15.1. The van der Waals surface area contributed by atoms with Gasteiger partial charge in [0.15, 0.2) is 5.82 Å². The van der Waals surface area contributed by atoms with Crippen LogP contribution in [0.2, 0.25) is 5.15 Å². The first kappa shape index (κ1) is 15.4. The van der Waals surface area contributed by atoms with E-state index < -0.39 is 0 Å². The van der Waals surface area contributed by atoms with Crippen molar-refractivity contribution in [2.75, 3.05) is 0 Å². The van der Waals surface area contributed by atoms with Crippen molar-refractivity contribution in [1.82, 2.24) is 19.7 Å². The first-order valence-corrected chi connectivity index (χ1v) is 7.67. The standard InChI is InChI=1S/C14H18BrClN4/c1-6-9-8(7-20(5)19-9)13-17-11(14(2,3)4)10(15)12(16)18-13/h7H,6H2,1-5H3. The minimum absolute atomic E-state index is 0.116. The van der Waals surface area contributed by atoms with Crippen LogP contribution < -0.4 is 0 Å². The maximum absolute atomic E-state index is 6.25. The normalized spacial score (nSPS) is 11.9. The first-order valence-electron chi connectivity index (χ1n) is 6.50. The van der Waals surface area contributed by atoms with Crippen molar-refractivity contribution in [3.8, 4) is 11.4 Å². The molecule has 0 bridgehead atoms. The zero-order valence-corrected chi connectivity index (χ0v) is 14.7. The topological polar surface area (TPSA) is 43.6 Å². The molecule has 2 aromatic heterocycles. The van der Waals surface area contributed by atoms with Crippen LogP contribution in [0, 0.1) is 0 Å². The van der Waals surface area contributed by atoms with Gasteiger partial charge in [0.05, 0.1) is 21.4 Å². The van der Waals surface area contributed by atoms with Crippen molar-refractivity contribution in [2.24, 2.45) is 7.05 Å². The van der Waals surface area contributed by atoms with Gasteiger partial charge in [0.1, 0.15) is 5.15 Å². The van der Waals surface area contributed by atoms with Gasteiger partial charge in [0.2, 0.25) is 0 Å². The zero-order valence-electron chi connectivity index (χ0n) is 12.3. The van der Waals surface area contributed by atoms with Crippen LogP contribution in [0.1, 0.15) is 39.1 Å². The average molecular weight is 358 g/mol. The summed E-state index contributed by atoms with van der Waals surface area (Å²) in [7, 11) is 1.90. The molecule has 2 aromatic rings. The van der Waals surface area contributed by atoms with E-state index in [0.717, 1.165) is 27.8 Å². The number of nitrogens with zero attached hydrogens (tertiary/aromatic N) is 4. The third-order valence-electron chi connectivity index (χ3n) is 3.00. The number of rotatable bonds is 2. The summed E-state index contributed by atoms with van der Waals surface area (Å²) in [6.45, 7) is 8.37. The van der Waals surface area contributed by atoms with Gasteiger partial charge in [-0.3, -0.25) is 4.68 Å². The summed E-state index contributed by atoms with van der Waals surface area (Å²) in [6.07, 6.45) is 2.77. The Bertz CT molecular complexity index is 643. The monoisotopic (exact) mass is 356 g/mol. The van der Waals surface area contributed by atoms with Gasteiger partial charge in [0, 0.05) is 18.7 Å². The summed E-state index contributed by atoms with van der Waals surface area (Å²) in [6, 6.07) is 0. The molecule has 0 aliphatic heterocycles. The highest BCUT2D eigenvalue weighted by Crippen LogP contribution is 2.34.